The molecule has 0 aliphatic carbocycles. The van der Waals surface area contributed by atoms with Gasteiger partial charge in [0.05, 0.1) is 35.7 Å². The van der Waals surface area contributed by atoms with Gasteiger partial charge >= 0.3 is 0 Å². The third-order valence-corrected chi connectivity index (χ3v) is 9.52. The van der Waals surface area contributed by atoms with Crippen LogP contribution >= 0.6 is 23.2 Å². The van der Waals surface area contributed by atoms with Gasteiger partial charge < -0.3 is 30.7 Å². The molecule has 250 valence electrons. The molecule has 2 saturated heterocycles. The molecule has 2 aromatic carbocycles. The van der Waals surface area contributed by atoms with Gasteiger partial charge in [0.15, 0.2) is 0 Å². The number of ether oxygens (including phenoxy) is 2. The van der Waals surface area contributed by atoms with E-state index in [1.807, 2.05) is 54.6 Å². The molecular formula is C36H38Cl2N6O4. The molecule has 2 aromatic heterocycles. The lowest BCUT2D eigenvalue weighted by Gasteiger charge is -2.16. The number of pyridine rings is 2. The Morgan fingerprint density at radius 3 is 2.08 bits per heavy atom. The van der Waals surface area contributed by atoms with Crippen LogP contribution in [0.25, 0.3) is 33.6 Å². The molecule has 2 fully saturated rings. The minimum atomic E-state index is 0.0979. The minimum absolute atomic E-state index is 0.0979. The summed E-state index contributed by atoms with van der Waals surface area (Å²) in [7, 11) is 3.23. The smallest absolute Gasteiger partial charge is 0.220 e. The van der Waals surface area contributed by atoms with E-state index in [-0.39, 0.29) is 23.9 Å². The lowest BCUT2D eigenvalue weighted by molar-refractivity contribution is -0.120. The molecule has 0 radical (unpaired) electrons. The van der Waals surface area contributed by atoms with Crippen LogP contribution in [-0.2, 0) is 22.7 Å². The summed E-state index contributed by atoms with van der Waals surface area (Å²) in [6, 6.07) is 17.7. The number of methoxy groups -OCH3 is 2. The first-order valence-corrected chi connectivity index (χ1v) is 16.7. The third kappa shape index (κ3) is 7.57. The Bertz CT molecular complexity index is 1690. The molecule has 48 heavy (non-hydrogen) atoms. The second kappa shape index (κ2) is 15.3. The van der Waals surface area contributed by atoms with Gasteiger partial charge in [0.1, 0.15) is 5.75 Å². The van der Waals surface area contributed by atoms with Crippen molar-refractivity contribution in [2.24, 2.45) is 0 Å². The monoisotopic (exact) mass is 688 g/mol. The summed E-state index contributed by atoms with van der Waals surface area (Å²) in [4.78, 5) is 32.4. The predicted molar refractivity (Wildman–Crippen MR) is 187 cm³/mol. The molecule has 4 N–H and O–H groups in total. The Hall–Kier alpha value is -4.22. The molecule has 12 heteroatoms. The van der Waals surface area contributed by atoms with Gasteiger partial charge in [0, 0.05) is 90.7 Å². The molecule has 6 rings (SSSR count). The first-order chi connectivity index (χ1) is 23.3. The molecule has 4 heterocycles. The van der Waals surface area contributed by atoms with Crippen LogP contribution in [0.15, 0.2) is 60.8 Å². The Balaban J connectivity index is 1.20. The number of hydrogen-bond acceptors (Lipinski definition) is 8. The van der Waals surface area contributed by atoms with Crippen molar-refractivity contribution in [1.29, 1.82) is 0 Å². The van der Waals surface area contributed by atoms with Crippen LogP contribution in [-0.4, -0.2) is 61.2 Å². The molecule has 10 nitrogen and oxygen atoms in total. The highest BCUT2D eigenvalue weighted by atomic mass is 35.5. The van der Waals surface area contributed by atoms with E-state index in [4.69, 9.17) is 37.7 Å². The van der Waals surface area contributed by atoms with E-state index in [1.165, 1.54) is 0 Å². The van der Waals surface area contributed by atoms with E-state index in [0.717, 1.165) is 46.2 Å². The second-order valence-corrected chi connectivity index (χ2v) is 12.7. The molecular weight excluding hydrogens is 651 g/mol. The number of benzene rings is 2. The average Bonchev–Trinajstić information content (AvgIpc) is 3.72. The molecule has 0 spiro atoms. The molecule has 4 aromatic rings. The summed E-state index contributed by atoms with van der Waals surface area (Å²) in [6.07, 6.45) is 4.54. The summed E-state index contributed by atoms with van der Waals surface area (Å²) in [6.45, 7) is 2.51. The number of nitrogens with one attached hydrogen (secondary N) is 4. The van der Waals surface area contributed by atoms with Crippen LogP contribution in [0.1, 0.15) is 36.8 Å². The average molecular weight is 690 g/mol. The SMILES string of the molecule is COc1cc(-c2nccc(-c3cccc(-c4ccc(CNC[C@H]5CCC(=O)N5)c(OC)n4)c3Cl)c2Cl)ccc1CNC[C@@H]1CCC(=O)N1. The van der Waals surface area contributed by atoms with Crippen molar-refractivity contribution < 1.29 is 19.1 Å². The van der Waals surface area contributed by atoms with Crippen LogP contribution in [0.3, 0.4) is 0 Å². The van der Waals surface area contributed by atoms with E-state index in [9.17, 15) is 9.59 Å². The number of carbonyl (C=O) groups excluding carboxylic acids is 2. The molecule has 0 bridgehead atoms. The van der Waals surface area contributed by atoms with Crippen LogP contribution < -0.4 is 30.7 Å². The first-order valence-electron chi connectivity index (χ1n) is 16.0. The zero-order chi connectivity index (χ0) is 33.6. The highest BCUT2D eigenvalue weighted by Crippen LogP contribution is 2.42. The number of carbonyl (C=O) groups is 2. The second-order valence-electron chi connectivity index (χ2n) is 11.9. The first kappa shape index (κ1) is 33.7. The highest BCUT2D eigenvalue weighted by Gasteiger charge is 2.22. The Labute approximate surface area is 289 Å². The number of halogens is 2. The van der Waals surface area contributed by atoms with Crippen LogP contribution in [0, 0.1) is 0 Å². The van der Waals surface area contributed by atoms with Crippen molar-refractivity contribution in [3.05, 3.63) is 82.0 Å². The summed E-state index contributed by atoms with van der Waals surface area (Å²) >= 11 is 14.1. The van der Waals surface area contributed by atoms with Gasteiger partial charge in [-0.25, -0.2) is 4.98 Å². The van der Waals surface area contributed by atoms with Crippen LogP contribution in [0.5, 0.6) is 11.6 Å². The molecule has 2 aliphatic rings. The van der Waals surface area contributed by atoms with Crippen molar-refractivity contribution in [1.82, 2.24) is 31.2 Å². The van der Waals surface area contributed by atoms with Crippen LogP contribution in [0.2, 0.25) is 10.0 Å². The van der Waals surface area contributed by atoms with E-state index in [0.29, 0.717) is 72.1 Å². The molecule has 2 amide bonds. The van der Waals surface area contributed by atoms with E-state index >= 15 is 0 Å². The fourth-order valence-corrected chi connectivity index (χ4v) is 6.83. The van der Waals surface area contributed by atoms with Crippen molar-refractivity contribution in [3.8, 4) is 45.3 Å². The quantitative estimate of drug-likeness (QED) is 0.144. The number of aromatic nitrogens is 2. The van der Waals surface area contributed by atoms with Gasteiger partial charge in [-0.15, -0.1) is 0 Å². The maximum atomic E-state index is 11.5. The highest BCUT2D eigenvalue weighted by molar-refractivity contribution is 6.39. The van der Waals surface area contributed by atoms with Crippen molar-refractivity contribution in [3.63, 3.8) is 0 Å². The van der Waals surface area contributed by atoms with Gasteiger partial charge in [0.2, 0.25) is 17.7 Å². The zero-order valence-corrected chi connectivity index (χ0v) is 28.4. The predicted octanol–water partition coefficient (Wildman–Crippen LogP) is 5.54. The van der Waals surface area contributed by atoms with Gasteiger partial charge in [-0.05, 0) is 31.0 Å². The number of rotatable bonds is 13. The number of hydrogen-bond donors (Lipinski definition) is 4. The number of amides is 2. The lowest BCUT2D eigenvalue weighted by Crippen LogP contribution is -2.35. The third-order valence-electron chi connectivity index (χ3n) is 8.73. The van der Waals surface area contributed by atoms with Gasteiger partial charge in [-0.1, -0.05) is 59.6 Å². The normalized spacial score (nSPS) is 17.3. The fraction of sp³-hybridized carbons (Fsp3) is 0.333. The molecule has 0 saturated carbocycles. The summed E-state index contributed by atoms with van der Waals surface area (Å²) in [5.74, 6) is 1.41. The van der Waals surface area contributed by atoms with Gasteiger partial charge in [0.25, 0.3) is 0 Å². The van der Waals surface area contributed by atoms with Crippen molar-refractivity contribution in [2.75, 3.05) is 27.3 Å². The molecule has 2 aliphatic heterocycles. The molecule has 0 unspecified atom stereocenters. The van der Waals surface area contributed by atoms with E-state index in [1.54, 1.807) is 20.4 Å². The Morgan fingerprint density at radius 1 is 0.792 bits per heavy atom. The Morgan fingerprint density at radius 2 is 1.44 bits per heavy atom. The summed E-state index contributed by atoms with van der Waals surface area (Å²) in [5.41, 5.74) is 6.20. The van der Waals surface area contributed by atoms with Gasteiger partial charge in [-0.3, -0.25) is 14.6 Å². The Kier molecular flexibility index (Phi) is 10.8. The van der Waals surface area contributed by atoms with Crippen LogP contribution in [0.4, 0.5) is 0 Å². The fourth-order valence-electron chi connectivity index (χ4n) is 6.18. The lowest BCUT2D eigenvalue weighted by atomic mass is 9.99. The maximum absolute atomic E-state index is 11.5. The standard InChI is InChI=1S/C36H38Cl2N6O4/c1-47-30-16-21(6-7-22(30)17-39-19-24-9-12-31(45)42-24)35-34(38)27(14-15-41-35)26-4-3-5-28(33(26)37)29-11-8-23(36(44-29)48-2)18-40-20-25-10-13-32(46)43-25/h3-8,11,14-16,24-25,39-40H,9-10,12-13,17-20H2,1-2H3,(H,42,45)(H,43,46)/t24-,25+/m0/s1. The maximum Gasteiger partial charge on any atom is 0.220 e. The number of nitrogens with zero attached hydrogens (tertiary/aromatic N) is 2. The summed E-state index contributed by atoms with van der Waals surface area (Å²) in [5, 5.41) is 13.7. The van der Waals surface area contributed by atoms with E-state index in [2.05, 4.69) is 26.3 Å². The van der Waals surface area contributed by atoms with Crippen molar-refractivity contribution >= 4 is 35.0 Å². The topological polar surface area (TPSA) is 126 Å². The van der Waals surface area contributed by atoms with Gasteiger partial charge in [-0.2, -0.15) is 0 Å². The van der Waals surface area contributed by atoms with E-state index < -0.39 is 0 Å². The molecule has 2 atom stereocenters. The van der Waals surface area contributed by atoms with Crippen molar-refractivity contribution in [2.45, 2.75) is 50.9 Å². The zero-order valence-electron chi connectivity index (χ0n) is 26.9. The largest absolute Gasteiger partial charge is 0.496 e. The summed E-state index contributed by atoms with van der Waals surface area (Å²) < 4.78 is 11.4. The minimum Gasteiger partial charge on any atom is -0.496 e.